The van der Waals surface area contributed by atoms with Crippen molar-refractivity contribution in [2.45, 2.75) is 12.5 Å². The van der Waals surface area contributed by atoms with Gasteiger partial charge in [0.15, 0.2) is 0 Å². The number of hydrogen-bond acceptors (Lipinski definition) is 3. The van der Waals surface area contributed by atoms with Crippen molar-refractivity contribution >= 4 is 48.0 Å². The van der Waals surface area contributed by atoms with Crippen molar-refractivity contribution < 1.29 is 5.11 Å². The lowest BCUT2D eigenvalue weighted by Crippen LogP contribution is -2.45. The average Bonchev–Trinajstić information content (AvgIpc) is 2.41. The number of benzene rings is 1. The van der Waals surface area contributed by atoms with Crippen molar-refractivity contribution in [3.63, 3.8) is 0 Å². The highest BCUT2D eigenvalue weighted by Gasteiger charge is 2.24. The SMILES string of the molecule is C=CC[C@@H](c1cc(Cl)cc(Cl)c1O)N1CCNCC1.Cl.Cl. The lowest BCUT2D eigenvalue weighted by Gasteiger charge is -2.35. The number of phenolic OH excluding ortho intramolecular Hbond substituents is 1. The Morgan fingerprint density at radius 1 is 1.29 bits per heavy atom. The quantitative estimate of drug-likeness (QED) is 0.781. The molecule has 0 unspecified atom stereocenters. The summed E-state index contributed by atoms with van der Waals surface area (Å²) in [4.78, 5) is 2.32. The van der Waals surface area contributed by atoms with Crippen LogP contribution in [0, 0.1) is 0 Å². The Morgan fingerprint density at radius 2 is 1.90 bits per heavy atom. The van der Waals surface area contributed by atoms with Crippen LogP contribution in [0.25, 0.3) is 0 Å². The van der Waals surface area contributed by atoms with Crippen LogP contribution in [0.2, 0.25) is 10.0 Å². The number of aromatic hydroxyl groups is 1. The van der Waals surface area contributed by atoms with Gasteiger partial charge in [-0.1, -0.05) is 29.3 Å². The van der Waals surface area contributed by atoms with Crippen LogP contribution in [0.1, 0.15) is 18.0 Å². The summed E-state index contributed by atoms with van der Waals surface area (Å²) in [6.07, 6.45) is 2.62. The third-order valence-corrected chi connectivity index (χ3v) is 3.91. The second-order valence-corrected chi connectivity index (χ2v) is 5.50. The van der Waals surface area contributed by atoms with Crippen LogP contribution in [-0.4, -0.2) is 36.2 Å². The molecule has 1 aliphatic rings. The summed E-state index contributed by atoms with van der Waals surface area (Å²) in [5, 5.41) is 14.3. The minimum atomic E-state index is 0. The molecule has 1 heterocycles. The van der Waals surface area contributed by atoms with Gasteiger partial charge in [0.1, 0.15) is 5.75 Å². The van der Waals surface area contributed by atoms with Crippen LogP contribution in [-0.2, 0) is 0 Å². The van der Waals surface area contributed by atoms with Crippen LogP contribution >= 0.6 is 48.0 Å². The predicted octanol–water partition coefficient (Wildman–Crippen LogP) is 4.07. The summed E-state index contributed by atoms with van der Waals surface area (Å²) >= 11 is 12.1. The van der Waals surface area contributed by atoms with E-state index < -0.39 is 0 Å². The molecule has 3 nitrogen and oxygen atoms in total. The molecule has 1 atom stereocenters. The fraction of sp³-hybridized carbons (Fsp3) is 0.429. The molecule has 120 valence electrons. The number of rotatable bonds is 4. The van der Waals surface area contributed by atoms with E-state index in [0.717, 1.165) is 38.2 Å². The molecular weight excluding hydrogens is 354 g/mol. The van der Waals surface area contributed by atoms with E-state index in [-0.39, 0.29) is 36.6 Å². The van der Waals surface area contributed by atoms with E-state index in [1.807, 2.05) is 6.08 Å². The van der Waals surface area contributed by atoms with Gasteiger partial charge in [0, 0.05) is 42.8 Å². The maximum atomic E-state index is 10.2. The third kappa shape index (κ3) is 5.20. The van der Waals surface area contributed by atoms with E-state index in [4.69, 9.17) is 23.2 Å². The van der Waals surface area contributed by atoms with E-state index in [9.17, 15) is 5.11 Å². The number of piperazine rings is 1. The smallest absolute Gasteiger partial charge is 0.139 e. The Morgan fingerprint density at radius 3 is 2.48 bits per heavy atom. The molecule has 1 aromatic rings. The molecule has 0 amide bonds. The summed E-state index contributed by atoms with van der Waals surface area (Å²) in [5.74, 6) is 0.122. The molecule has 0 aliphatic carbocycles. The first-order chi connectivity index (χ1) is 9.13. The number of hydrogen-bond donors (Lipinski definition) is 2. The van der Waals surface area contributed by atoms with Gasteiger partial charge in [0.05, 0.1) is 5.02 Å². The molecule has 1 fully saturated rings. The van der Waals surface area contributed by atoms with Gasteiger partial charge >= 0.3 is 0 Å². The fourth-order valence-corrected chi connectivity index (χ4v) is 2.97. The minimum absolute atomic E-state index is 0. The van der Waals surface area contributed by atoms with E-state index in [0.29, 0.717) is 10.0 Å². The topological polar surface area (TPSA) is 35.5 Å². The van der Waals surface area contributed by atoms with Crippen LogP contribution in [0.5, 0.6) is 5.75 Å². The molecule has 2 rings (SSSR count). The first kappa shape index (κ1) is 20.8. The Balaban J connectivity index is 0.00000200. The van der Waals surface area contributed by atoms with Crippen LogP contribution in [0.15, 0.2) is 24.8 Å². The van der Waals surface area contributed by atoms with Gasteiger partial charge in [-0.15, -0.1) is 31.4 Å². The second-order valence-electron chi connectivity index (χ2n) is 4.65. The maximum absolute atomic E-state index is 10.2. The summed E-state index contributed by atoms with van der Waals surface area (Å²) in [6, 6.07) is 3.42. The molecule has 0 saturated carbocycles. The maximum Gasteiger partial charge on any atom is 0.139 e. The zero-order chi connectivity index (χ0) is 13.8. The second kappa shape index (κ2) is 9.78. The molecular formula is C14H20Cl4N2O. The molecule has 1 saturated heterocycles. The Kier molecular flexibility index (Phi) is 9.70. The van der Waals surface area contributed by atoms with Gasteiger partial charge < -0.3 is 10.4 Å². The van der Waals surface area contributed by atoms with Crippen molar-refractivity contribution in [2.24, 2.45) is 0 Å². The fourth-order valence-electron chi connectivity index (χ4n) is 2.46. The van der Waals surface area contributed by atoms with Gasteiger partial charge in [-0.2, -0.15) is 0 Å². The molecule has 0 aromatic heterocycles. The number of nitrogens with one attached hydrogen (secondary N) is 1. The predicted molar refractivity (Wildman–Crippen MR) is 94.6 cm³/mol. The van der Waals surface area contributed by atoms with E-state index >= 15 is 0 Å². The van der Waals surface area contributed by atoms with Crippen molar-refractivity contribution in [3.05, 3.63) is 40.4 Å². The Bertz CT molecular complexity index is 465. The Labute approximate surface area is 148 Å². The monoisotopic (exact) mass is 372 g/mol. The van der Waals surface area contributed by atoms with Crippen molar-refractivity contribution in [3.8, 4) is 5.75 Å². The first-order valence-electron chi connectivity index (χ1n) is 6.37. The highest BCUT2D eigenvalue weighted by molar-refractivity contribution is 6.35. The van der Waals surface area contributed by atoms with Gasteiger partial charge in [0.2, 0.25) is 0 Å². The summed E-state index contributed by atoms with van der Waals surface area (Å²) < 4.78 is 0. The van der Waals surface area contributed by atoms with E-state index in [2.05, 4.69) is 16.8 Å². The van der Waals surface area contributed by atoms with Gasteiger partial charge in [-0.25, -0.2) is 0 Å². The third-order valence-electron chi connectivity index (χ3n) is 3.40. The zero-order valence-electron chi connectivity index (χ0n) is 11.5. The van der Waals surface area contributed by atoms with Gasteiger partial charge in [0.25, 0.3) is 0 Å². The summed E-state index contributed by atoms with van der Waals surface area (Å²) in [6.45, 7) is 7.56. The number of halogens is 4. The van der Waals surface area contributed by atoms with Crippen molar-refractivity contribution in [1.29, 1.82) is 0 Å². The summed E-state index contributed by atoms with van der Waals surface area (Å²) in [5.41, 5.74) is 0.777. The molecule has 0 spiro atoms. The lowest BCUT2D eigenvalue weighted by atomic mass is 10.00. The van der Waals surface area contributed by atoms with Crippen LogP contribution < -0.4 is 5.32 Å². The number of nitrogens with zero attached hydrogens (tertiary/aromatic N) is 1. The highest BCUT2D eigenvalue weighted by atomic mass is 35.5. The van der Waals surface area contributed by atoms with E-state index in [1.165, 1.54) is 0 Å². The molecule has 0 radical (unpaired) electrons. The average molecular weight is 374 g/mol. The Hall–Kier alpha value is -0.160. The first-order valence-corrected chi connectivity index (χ1v) is 7.12. The normalized spacial score (nSPS) is 16.5. The van der Waals surface area contributed by atoms with Crippen molar-refractivity contribution in [1.82, 2.24) is 10.2 Å². The zero-order valence-corrected chi connectivity index (χ0v) is 14.7. The van der Waals surface area contributed by atoms with Crippen LogP contribution in [0.4, 0.5) is 0 Å². The van der Waals surface area contributed by atoms with Gasteiger partial charge in [-0.3, -0.25) is 4.90 Å². The highest BCUT2D eigenvalue weighted by Crippen LogP contribution is 2.38. The molecule has 1 aromatic carbocycles. The molecule has 7 heteroatoms. The van der Waals surface area contributed by atoms with Crippen LogP contribution in [0.3, 0.4) is 0 Å². The largest absolute Gasteiger partial charge is 0.506 e. The minimum Gasteiger partial charge on any atom is -0.506 e. The molecule has 1 aliphatic heterocycles. The molecule has 2 N–H and O–H groups in total. The summed E-state index contributed by atoms with van der Waals surface area (Å²) in [7, 11) is 0. The van der Waals surface area contributed by atoms with Gasteiger partial charge in [-0.05, 0) is 18.6 Å². The number of phenols is 1. The molecule has 21 heavy (non-hydrogen) atoms. The van der Waals surface area contributed by atoms with E-state index in [1.54, 1.807) is 12.1 Å². The lowest BCUT2D eigenvalue weighted by molar-refractivity contribution is 0.172. The van der Waals surface area contributed by atoms with Crippen molar-refractivity contribution in [2.75, 3.05) is 26.2 Å². The molecule has 0 bridgehead atoms. The standard InChI is InChI=1S/C14H18Cl2N2O.2ClH/c1-2-3-13(18-6-4-17-5-7-18)11-8-10(15)9-12(16)14(11)19;;/h2,8-9,13,17,19H,1,3-7H2;2*1H/t13-;;/m0../s1.